The molecule has 1 heterocycles. The van der Waals surface area contributed by atoms with Crippen molar-refractivity contribution in [2.75, 3.05) is 21.1 Å². The highest BCUT2D eigenvalue weighted by Crippen LogP contribution is 2.11. The molecule has 0 spiro atoms. The molecule has 0 amide bonds. The first-order chi connectivity index (χ1) is 5.51. The van der Waals surface area contributed by atoms with Crippen LogP contribution in [0.5, 0.6) is 0 Å². The summed E-state index contributed by atoms with van der Waals surface area (Å²) in [5.74, 6) is 1.56. The van der Waals surface area contributed by atoms with Gasteiger partial charge in [-0.2, -0.15) is 0 Å². The minimum absolute atomic E-state index is 0. The zero-order valence-corrected chi connectivity index (χ0v) is 10.4. The molecule has 0 aliphatic heterocycles. The smallest absolute Gasteiger partial charge is 0.158 e. The first-order valence-corrected chi connectivity index (χ1v) is 4.00. The number of hydrogen-bond donors (Lipinski definition) is 1. The molecule has 1 aromatic heterocycles. The molecule has 0 aromatic carbocycles. The van der Waals surface area contributed by atoms with Crippen LogP contribution in [0.4, 0.5) is 0 Å². The molecule has 76 valence electrons. The zero-order chi connectivity index (χ0) is 9.19. The second-order valence-corrected chi connectivity index (χ2v) is 3.97. The van der Waals surface area contributed by atoms with Crippen LogP contribution in [0, 0.1) is 0 Å². The van der Waals surface area contributed by atoms with Gasteiger partial charge in [-0.05, 0) is 12.1 Å². The SMILES string of the molecule is C[N+](C)(C)Cc1ccc(CO)o1.[I-]. The van der Waals surface area contributed by atoms with Crippen molar-refractivity contribution < 1.29 is 38.0 Å². The van der Waals surface area contributed by atoms with Crippen molar-refractivity contribution in [3.8, 4) is 0 Å². The van der Waals surface area contributed by atoms with E-state index in [0.29, 0.717) is 5.76 Å². The van der Waals surface area contributed by atoms with Crippen molar-refractivity contribution in [3.05, 3.63) is 23.7 Å². The molecular formula is C9H16INO2. The Morgan fingerprint density at radius 2 is 1.77 bits per heavy atom. The van der Waals surface area contributed by atoms with Gasteiger partial charge < -0.3 is 38.0 Å². The van der Waals surface area contributed by atoms with Gasteiger partial charge in [0.2, 0.25) is 0 Å². The Labute approximate surface area is 96.0 Å². The maximum Gasteiger partial charge on any atom is 0.158 e. The average Bonchev–Trinajstić information content (AvgIpc) is 2.32. The number of rotatable bonds is 3. The predicted molar refractivity (Wildman–Crippen MR) is 46.4 cm³/mol. The van der Waals surface area contributed by atoms with Gasteiger partial charge in [-0.15, -0.1) is 0 Å². The lowest BCUT2D eigenvalue weighted by molar-refractivity contribution is -0.884. The standard InChI is InChI=1S/C9H16NO2.HI/c1-10(2,3)6-8-4-5-9(7-11)12-8;/h4-5,11H,6-7H2,1-3H3;1H/q+1;/p-1. The molecule has 0 saturated carbocycles. The van der Waals surface area contributed by atoms with E-state index in [1.54, 1.807) is 0 Å². The summed E-state index contributed by atoms with van der Waals surface area (Å²) in [6.07, 6.45) is 0. The van der Waals surface area contributed by atoms with Crippen LogP contribution >= 0.6 is 0 Å². The van der Waals surface area contributed by atoms with Crippen LogP contribution in [0.15, 0.2) is 16.5 Å². The van der Waals surface area contributed by atoms with Crippen LogP contribution in [0.25, 0.3) is 0 Å². The molecule has 13 heavy (non-hydrogen) atoms. The van der Waals surface area contributed by atoms with Gasteiger partial charge in [0.1, 0.15) is 18.9 Å². The molecule has 0 atom stereocenters. The van der Waals surface area contributed by atoms with Crippen LogP contribution in [0.1, 0.15) is 11.5 Å². The Hall–Kier alpha value is -0.0700. The van der Waals surface area contributed by atoms with E-state index in [-0.39, 0.29) is 30.6 Å². The number of aliphatic hydroxyl groups is 1. The summed E-state index contributed by atoms with van der Waals surface area (Å²) in [7, 11) is 6.30. The van der Waals surface area contributed by atoms with E-state index in [1.807, 2.05) is 12.1 Å². The van der Waals surface area contributed by atoms with Crippen LogP contribution in [-0.4, -0.2) is 30.7 Å². The van der Waals surface area contributed by atoms with Gasteiger partial charge >= 0.3 is 0 Å². The van der Waals surface area contributed by atoms with Crippen molar-refractivity contribution in [1.82, 2.24) is 0 Å². The highest BCUT2D eigenvalue weighted by Gasteiger charge is 2.11. The summed E-state index contributed by atoms with van der Waals surface area (Å²) in [5, 5.41) is 8.75. The minimum atomic E-state index is -0.0167. The van der Waals surface area contributed by atoms with E-state index >= 15 is 0 Å². The number of furan rings is 1. The van der Waals surface area contributed by atoms with Crippen molar-refractivity contribution in [2.24, 2.45) is 0 Å². The number of aliphatic hydroxyl groups excluding tert-OH is 1. The third-order valence-corrected chi connectivity index (χ3v) is 1.50. The molecule has 1 N–H and O–H groups in total. The number of hydrogen-bond acceptors (Lipinski definition) is 2. The Bertz CT molecular complexity index is 252. The van der Waals surface area contributed by atoms with Crippen LogP contribution in [0.3, 0.4) is 0 Å². The lowest BCUT2D eigenvalue weighted by Crippen LogP contribution is -3.00. The maximum absolute atomic E-state index is 8.75. The molecular weight excluding hydrogens is 281 g/mol. The van der Waals surface area contributed by atoms with E-state index in [0.717, 1.165) is 16.8 Å². The normalized spacial score (nSPS) is 11.1. The third kappa shape index (κ3) is 4.64. The monoisotopic (exact) mass is 297 g/mol. The zero-order valence-electron chi connectivity index (χ0n) is 8.25. The fourth-order valence-corrected chi connectivity index (χ4v) is 1.06. The van der Waals surface area contributed by atoms with E-state index in [1.165, 1.54) is 0 Å². The summed E-state index contributed by atoms with van der Waals surface area (Å²) in [6, 6.07) is 3.72. The molecule has 0 unspecified atom stereocenters. The largest absolute Gasteiger partial charge is 1.00 e. The fraction of sp³-hybridized carbons (Fsp3) is 0.556. The van der Waals surface area contributed by atoms with E-state index in [4.69, 9.17) is 9.52 Å². The Morgan fingerprint density at radius 1 is 1.23 bits per heavy atom. The molecule has 0 aliphatic rings. The average molecular weight is 297 g/mol. The van der Waals surface area contributed by atoms with E-state index < -0.39 is 0 Å². The molecule has 4 heteroatoms. The molecule has 0 aliphatic carbocycles. The second-order valence-electron chi connectivity index (χ2n) is 3.97. The summed E-state index contributed by atoms with van der Waals surface area (Å²) < 4.78 is 6.17. The first-order valence-electron chi connectivity index (χ1n) is 4.00. The molecule has 1 rings (SSSR count). The lowest BCUT2D eigenvalue weighted by atomic mass is 10.4. The Kier molecular flexibility index (Phi) is 4.95. The van der Waals surface area contributed by atoms with Gasteiger partial charge in [0.05, 0.1) is 21.1 Å². The predicted octanol–water partition coefficient (Wildman–Crippen LogP) is -2.02. The Balaban J connectivity index is 0.00000144. The number of quaternary nitrogens is 1. The molecule has 0 bridgehead atoms. The summed E-state index contributed by atoms with van der Waals surface area (Å²) in [4.78, 5) is 0. The van der Waals surface area contributed by atoms with Gasteiger partial charge in [0.25, 0.3) is 0 Å². The Morgan fingerprint density at radius 3 is 2.15 bits per heavy atom. The maximum atomic E-state index is 8.75. The summed E-state index contributed by atoms with van der Waals surface area (Å²) in [6.45, 7) is 0.830. The van der Waals surface area contributed by atoms with Gasteiger partial charge in [-0.1, -0.05) is 0 Å². The van der Waals surface area contributed by atoms with Crippen LogP contribution in [0.2, 0.25) is 0 Å². The molecule has 1 aromatic rings. The molecule has 0 saturated heterocycles. The van der Waals surface area contributed by atoms with Crippen LogP contribution in [-0.2, 0) is 13.2 Å². The topological polar surface area (TPSA) is 33.4 Å². The molecule has 3 nitrogen and oxygen atoms in total. The first kappa shape index (κ1) is 12.9. The van der Waals surface area contributed by atoms with Crippen molar-refractivity contribution in [3.63, 3.8) is 0 Å². The highest BCUT2D eigenvalue weighted by atomic mass is 127. The number of nitrogens with zero attached hydrogens (tertiary/aromatic N) is 1. The van der Waals surface area contributed by atoms with Gasteiger partial charge in [0.15, 0.2) is 5.76 Å². The quantitative estimate of drug-likeness (QED) is 0.516. The van der Waals surface area contributed by atoms with Gasteiger partial charge in [-0.25, -0.2) is 0 Å². The number of halogens is 1. The fourth-order valence-electron chi connectivity index (χ4n) is 1.06. The van der Waals surface area contributed by atoms with Crippen LogP contribution < -0.4 is 24.0 Å². The van der Waals surface area contributed by atoms with E-state index in [9.17, 15) is 0 Å². The second kappa shape index (κ2) is 4.97. The van der Waals surface area contributed by atoms with Crippen molar-refractivity contribution >= 4 is 0 Å². The molecule has 0 fully saturated rings. The highest BCUT2D eigenvalue weighted by molar-refractivity contribution is 5.05. The van der Waals surface area contributed by atoms with Crippen molar-refractivity contribution in [2.45, 2.75) is 13.2 Å². The molecule has 0 radical (unpaired) electrons. The van der Waals surface area contributed by atoms with E-state index in [2.05, 4.69) is 21.1 Å². The van der Waals surface area contributed by atoms with Gasteiger partial charge in [-0.3, -0.25) is 0 Å². The van der Waals surface area contributed by atoms with Crippen molar-refractivity contribution in [1.29, 1.82) is 0 Å². The van der Waals surface area contributed by atoms with Gasteiger partial charge in [0, 0.05) is 0 Å². The lowest BCUT2D eigenvalue weighted by Gasteiger charge is -2.22. The minimum Gasteiger partial charge on any atom is -1.00 e. The summed E-state index contributed by atoms with van der Waals surface area (Å²) >= 11 is 0. The third-order valence-electron chi connectivity index (χ3n) is 1.50. The summed E-state index contributed by atoms with van der Waals surface area (Å²) in [5.41, 5.74) is 0.